The lowest BCUT2D eigenvalue weighted by molar-refractivity contribution is -0.144. The van der Waals surface area contributed by atoms with Crippen LogP contribution >= 0.6 is 11.8 Å². The SMILES string of the molecule is CCCCCCCCCCCCOC(=O)CCSCCC(=O)OCCCCCCCCCCCC.Cc1cc(C(C)(C)C)c(O)c(C(C)(C)C)c1. The van der Waals surface area contributed by atoms with Gasteiger partial charge in [0.15, 0.2) is 0 Å². The number of aromatic hydroxyl groups is 1. The lowest BCUT2D eigenvalue weighted by atomic mass is 9.78. The number of phenols is 1. The molecular weight excluding hydrogens is 653 g/mol. The molecule has 5 nitrogen and oxygen atoms in total. The number of carbonyl (C=O) groups excluding carboxylic acids is 2. The van der Waals surface area contributed by atoms with Crippen molar-refractivity contribution in [2.24, 2.45) is 0 Å². The molecule has 1 aromatic rings. The summed E-state index contributed by atoms with van der Waals surface area (Å²) in [6.45, 7) is 20.5. The lowest BCUT2D eigenvalue weighted by Crippen LogP contribution is -2.17. The van der Waals surface area contributed by atoms with Gasteiger partial charge in [-0.15, -0.1) is 0 Å². The third-order valence-electron chi connectivity index (χ3n) is 9.29. The molecule has 0 aliphatic rings. The maximum absolute atomic E-state index is 11.8. The van der Waals surface area contributed by atoms with Crippen molar-refractivity contribution >= 4 is 23.7 Å². The Morgan fingerprint density at radius 2 is 0.843 bits per heavy atom. The molecule has 0 radical (unpaired) electrons. The van der Waals surface area contributed by atoms with Gasteiger partial charge in [-0.25, -0.2) is 0 Å². The second-order valence-corrected chi connectivity index (χ2v) is 17.9. The van der Waals surface area contributed by atoms with Crippen molar-refractivity contribution in [2.45, 2.75) is 214 Å². The number of rotatable bonds is 28. The fourth-order valence-electron chi connectivity index (χ4n) is 6.03. The summed E-state index contributed by atoms with van der Waals surface area (Å²) in [6.07, 6.45) is 26.5. The summed E-state index contributed by atoms with van der Waals surface area (Å²) in [4.78, 5) is 23.6. The van der Waals surface area contributed by atoms with Crippen molar-refractivity contribution in [3.63, 3.8) is 0 Å². The maximum Gasteiger partial charge on any atom is 0.306 e. The van der Waals surface area contributed by atoms with Crippen molar-refractivity contribution in [3.8, 4) is 5.75 Å². The molecule has 0 saturated carbocycles. The minimum atomic E-state index is -0.114. The highest BCUT2D eigenvalue weighted by Gasteiger charge is 2.25. The predicted molar refractivity (Wildman–Crippen MR) is 222 cm³/mol. The van der Waals surface area contributed by atoms with Gasteiger partial charge < -0.3 is 14.6 Å². The number of aryl methyl sites for hydroxylation is 1. The largest absolute Gasteiger partial charge is 0.507 e. The van der Waals surface area contributed by atoms with Crippen LogP contribution in [0.4, 0.5) is 0 Å². The fraction of sp³-hybridized carbons (Fsp3) is 0.822. The van der Waals surface area contributed by atoms with Crippen LogP contribution in [0.5, 0.6) is 5.75 Å². The molecule has 0 heterocycles. The number of carbonyl (C=O) groups is 2. The van der Waals surface area contributed by atoms with E-state index in [2.05, 4.69) is 74.4 Å². The number of hydrogen-bond donors (Lipinski definition) is 1. The van der Waals surface area contributed by atoms with Crippen molar-refractivity contribution in [1.82, 2.24) is 0 Å². The van der Waals surface area contributed by atoms with E-state index in [1.165, 1.54) is 108 Å². The first-order valence-corrected chi connectivity index (χ1v) is 22.1. The summed E-state index contributed by atoms with van der Waals surface area (Å²) >= 11 is 1.63. The lowest BCUT2D eigenvalue weighted by Gasteiger charge is -2.27. The van der Waals surface area contributed by atoms with E-state index in [1.807, 2.05) is 0 Å². The summed E-state index contributed by atoms with van der Waals surface area (Å²) in [5, 5.41) is 10.4. The number of esters is 2. The summed E-state index contributed by atoms with van der Waals surface area (Å²) < 4.78 is 10.6. The highest BCUT2D eigenvalue weighted by atomic mass is 32.2. The molecule has 0 aliphatic heterocycles. The first kappa shape index (κ1) is 49.3. The van der Waals surface area contributed by atoms with Gasteiger partial charge in [0.1, 0.15) is 5.75 Å². The summed E-state index contributed by atoms with van der Waals surface area (Å²) in [5.41, 5.74) is 3.26. The molecule has 1 rings (SSSR count). The molecule has 51 heavy (non-hydrogen) atoms. The smallest absolute Gasteiger partial charge is 0.306 e. The van der Waals surface area contributed by atoms with Gasteiger partial charge in [0.2, 0.25) is 0 Å². The van der Waals surface area contributed by atoms with Gasteiger partial charge >= 0.3 is 11.9 Å². The summed E-state index contributed by atoms with van der Waals surface area (Å²) in [7, 11) is 0. The van der Waals surface area contributed by atoms with Gasteiger partial charge in [-0.05, 0) is 41.7 Å². The average Bonchev–Trinajstić information content (AvgIpc) is 3.06. The predicted octanol–water partition coefficient (Wildman–Crippen LogP) is 13.7. The third-order valence-corrected chi connectivity index (χ3v) is 10.3. The molecule has 0 aliphatic carbocycles. The molecular formula is C45H82O5S. The second-order valence-electron chi connectivity index (χ2n) is 16.6. The normalized spacial score (nSPS) is 11.6. The quantitative estimate of drug-likeness (QED) is 0.0682. The van der Waals surface area contributed by atoms with Crippen LogP contribution in [0.25, 0.3) is 0 Å². The number of hydrogen-bond acceptors (Lipinski definition) is 6. The molecule has 0 unspecified atom stereocenters. The Hall–Kier alpha value is -1.69. The molecule has 0 aromatic heterocycles. The van der Waals surface area contributed by atoms with Crippen LogP contribution in [-0.4, -0.2) is 41.8 Å². The van der Waals surface area contributed by atoms with Crippen molar-refractivity contribution in [1.29, 1.82) is 0 Å². The van der Waals surface area contributed by atoms with Gasteiger partial charge in [0.25, 0.3) is 0 Å². The monoisotopic (exact) mass is 735 g/mol. The van der Waals surface area contributed by atoms with Crippen LogP contribution in [0.15, 0.2) is 12.1 Å². The fourth-order valence-corrected chi connectivity index (χ4v) is 6.86. The molecule has 0 amide bonds. The van der Waals surface area contributed by atoms with Gasteiger partial charge in [0.05, 0.1) is 26.1 Å². The Balaban J connectivity index is 0.00000129. The Morgan fingerprint density at radius 1 is 0.549 bits per heavy atom. The number of thioether (sulfide) groups is 1. The second kappa shape index (κ2) is 30.7. The molecule has 298 valence electrons. The van der Waals surface area contributed by atoms with E-state index in [1.54, 1.807) is 11.8 Å². The molecule has 1 N–H and O–H groups in total. The zero-order valence-electron chi connectivity index (χ0n) is 35.0. The Bertz CT molecular complexity index is 932. The van der Waals surface area contributed by atoms with Crippen LogP contribution in [0.1, 0.15) is 213 Å². The number of phenolic OH excluding ortho intramolecular Hbond substituents is 1. The van der Waals surface area contributed by atoms with Crippen LogP contribution in [0.3, 0.4) is 0 Å². The van der Waals surface area contributed by atoms with Crippen LogP contribution in [0.2, 0.25) is 0 Å². The summed E-state index contributed by atoms with van der Waals surface area (Å²) in [6, 6.07) is 4.18. The first-order chi connectivity index (χ1) is 24.2. The highest BCUT2D eigenvalue weighted by molar-refractivity contribution is 7.99. The third kappa shape index (κ3) is 28.5. The standard InChI is InChI=1S/C30H58O4S.C15H24O/c1-3-5-7-9-11-13-15-17-19-21-25-33-29(31)23-27-35-28-24-30(32)34-26-22-20-18-16-14-12-10-8-6-4-2;1-10-8-11(14(2,3)4)13(16)12(9-10)15(5,6)7/h3-28H2,1-2H3;8-9,16H,1-7H3. The van der Waals surface area contributed by atoms with Gasteiger partial charge in [-0.2, -0.15) is 11.8 Å². The van der Waals surface area contributed by atoms with Crippen LogP contribution < -0.4 is 0 Å². The molecule has 0 saturated heterocycles. The number of benzene rings is 1. The van der Waals surface area contributed by atoms with E-state index in [0.29, 0.717) is 43.3 Å². The number of unbranched alkanes of at least 4 members (excludes halogenated alkanes) is 18. The molecule has 6 heteroatoms. The zero-order chi connectivity index (χ0) is 38.4. The van der Waals surface area contributed by atoms with Crippen molar-refractivity contribution in [3.05, 3.63) is 28.8 Å². The Labute approximate surface area is 320 Å². The molecule has 0 bridgehead atoms. The van der Waals surface area contributed by atoms with E-state index in [0.717, 1.165) is 36.8 Å². The van der Waals surface area contributed by atoms with Crippen molar-refractivity contribution in [2.75, 3.05) is 24.7 Å². The maximum atomic E-state index is 11.8. The topological polar surface area (TPSA) is 72.8 Å². The van der Waals surface area contributed by atoms with E-state index >= 15 is 0 Å². The molecule has 1 aromatic carbocycles. The average molecular weight is 735 g/mol. The van der Waals surface area contributed by atoms with E-state index in [9.17, 15) is 14.7 Å². The minimum absolute atomic E-state index is 0.0178. The van der Waals surface area contributed by atoms with Gasteiger partial charge in [0, 0.05) is 11.5 Å². The number of ether oxygens (including phenoxy) is 2. The zero-order valence-corrected chi connectivity index (χ0v) is 35.8. The van der Waals surface area contributed by atoms with E-state index < -0.39 is 0 Å². The van der Waals surface area contributed by atoms with Crippen molar-refractivity contribution < 1.29 is 24.2 Å². The van der Waals surface area contributed by atoms with Gasteiger partial charge in [-0.1, -0.05) is 189 Å². The Morgan fingerprint density at radius 3 is 1.14 bits per heavy atom. The molecule has 0 spiro atoms. The molecule has 0 atom stereocenters. The minimum Gasteiger partial charge on any atom is -0.507 e. The molecule has 0 fully saturated rings. The van der Waals surface area contributed by atoms with E-state index in [4.69, 9.17) is 9.47 Å². The first-order valence-electron chi connectivity index (χ1n) is 21.0. The highest BCUT2D eigenvalue weighted by Crippen LogP contribution is 2.39. The Kier molecular flexibility index (Phi) is 29.7. The van der Waals surface area contributed by atoms with Gasteiger partial charge in [-0.3, -0.25) is 9.59 Å². The van der Waals surface area contributed by atoms with Crippen LogP contribution in [-0.2, 0) is 29.9 Å². The van der Waals surface area contributed by atoms with Crippen LogP contribution in [0, 0.1) is 6.92 Å². The van der Waals surface area contributed by atoms with E-state index in [-0.39, 0.29) is 22.8 Å². The summed E-state index contributed by atoms with van der Waals surface area (Å²) in [5.74, 6) is 1.66.